The number of aromatic nitrogens is 2. The van der Waals surface area contributed by atoms with Crippen LogP contribution in [0.3, 0.4) is 0 Å². The number of nitrogens with zero attached hydrogens (tertiary/aromatic N) is 3. The second kappa shape index (κ2) is 9.48. The molecule has 1 aliphatic rings. The Hall–Kier alpha value is -3.59. The van der Waals surface area contributed by atoms with Gasteiger partial charge in [-0.15, -0.1) is 10.2 Å². The number of hydrogen-bond donors (Lipinski definition) is 1. The van der Waals surface area contributed by atoms with Gasteiger partial charge in [0.15, 0.2) is 0 Å². The lowest BCUT2D eigenvalue weighted by atomic mass is 10.1. The molecule has 4 rings (SSSR count). The Morgan fingerprint density at radius 3 is 2.35 bits per heavy atom. The molecule has 158 valence electrons. The average Bonchev–Trinajstić information content (AvgIpc) is 3.32. The highest BCUT2D eigenvalue weighted by Crippen LogP contribution is 2.23. The van der Waals surface area contributed by atoms with Crippen molar-refractivity contribution in [1.82, 2.24) is 15.1 Å². The Morgan fingerprint density at radius 2 is 1.65 bits per heavy atom. The number of amides is 3. The molecule has 31 heavy (non-hydrogen) atoms. The van der Waals surface area contributed by atoms with Crippen LogP contribution in [0.2, 0.25) is 0 Å². The van der Waals surface area contributed by atoms with E-state index in [1.807, 2.05) is 30.3 Å². The number of benzene rings is 2. The fraction of sp³-hybridized carbons (Fsp3) is 0.227. The first-order valence-electron chi connectivity index (χ1n) is 9.87. The van der Waals surface area contributed by atoms with Crippen LogP contribution < -0.4 is 10.1 Å². The lowest BCUT2D eigenvalue weighted by Crippen LogP contribution is -2.31. The zero-order valence-corrected chi connectivity index (χ0v) is 17.4. The predicted molar refractivity (Wildman–Crippen MR) is 115 cm³/mol. The van der Waals surface area contributed by atoms with E-state index in [4.69, 9.17) is 4.74 Å². The number of nitrogens with one attached hydrogen (secondary N) is 1. The first-order valence-corrected chi connectivity index (χ1v) is 10.7. The molecule has 0 bridgehead atoms. The van der Waals surface area contributed by atoms with Crippen LogP contribution in [0.25, 0.3) is 0 Å². The van der Waals surface area contributed by atoms with Crippen LogP contribution in [0.1, 0.15) is 38.6 Å². The normalized spacial score (nSPS) is 12.7. The lowest BCUT2D eigenvalue weighted by molar-refractivity contribution is -0.116. The van der Waals surface area contributed by atoms with Crippen molar-refractivity contribution in [2.45, 2.75) is 19.3 Å². The molecule has 3 amide bonds. The van der Waals surface area contributed by atoms with Crippen molar-refractivity contribution in [2.24, 2.45) is 0 Å². The summed E-state index contributed by atoms with van der Waals surface area (Å²) in [6.45, 7) is 0.658. The number of ether oxygens (including phenoxy) is 1. The first kappa shape index (κ1) is 20.7. The number of anilines is 1. The summed E-state index contributed by atoms with van der Waals surface area (Å²) in [7, 11) is 0. The van der Waals surface area contributed by atoms with Crippen molar-refractivity contribution >= 4 is 34.2 Å². The van der Waals surface area contributed by atoms with Crippen molar-refractivity contribution in [2.75, 3.05) is 18.5 Å². The largest absolute Gasteiger partial charge is 0.493 e. The Balaban J connectivity index is 1.19. The number of imide groups is 1. The van der Waals surface area contributed by atoms with Gasteiger partial charge >= 0.3 is 0 Å². The number of carbonyl (C=O) groups excluding carboxylic acids is 3. The SMILES string of the molecule is O=C(CCCN1C(=O)c2ccccc2C1=O)Nc1nnc(CCOc2ccccc2)s1. The van der Waals surface area contributed by atoms with E-state index in [0.717, 1.165) is 10.8 Å². The van der Waals surface area contributed by atoms with E-state index >= 15 is 0 Å². The number of carbonyl (C=O) groups is 3. The average molecular weight is 436 g/mol. The summed E-state index contributed by atoms with van der Waals surface area (Å²) in [4.78, 5) is 38.0. The van der Waals surface area contributed by atoms with Gasteiger partial charge in [0, 0.05) is 19.4 Å². The van der Waals surface area contributed by atoms with Crippen LogP contribution >= 0.6 is 11.3 Å². The van der Waals surface area contributed by atoms with Crippen LogP contribution in [-0.2, 0) is 11.2 Å². The predicted octanol–water partition coefficient (Wildman–Crippen LogP) is 3.17. The minimum Gasteiger partial charge on any atom is -0.493 e. The molecule has 0 atom stereocenters. The smallest absolute Gasteiger partial charge is 0.261 e. The fourth-order valence-corrected chi connectivity index (χ4v) is 3.94. The van der Waals surface area contributed by atoms with Gasteiger partial charge in [0.25, 0.3) is 11.8 Å². The molecular weight excluding hydrogens is 416 g/mol. The molecule has 3 aromatic rings. The Morgan fingerprint density at radius 1 is 0.968 bits per heavy atom. The van der Waals surface area contributed by atoms with Gasteiger partial charge in [0.1, 0.15) is 10.8 Å². The number of rotatable bonds is 9. The van der Waals surface area contributed by atoms with Crippen LogP contribution in [0.4, 0.5) is 5.13 Å². The third-order valence-corrected chi connectivity index (χ3v) is 5.60. The first-order chi connectivity index (χ1) is 15.1. The van der Waals surface area contributed by atoms with E-state index in [9.17, 15) is 14.4 Å². The molecule has 2 heterocycles. The Labute approximate surface area is 182 Å². The van der Waals surface area contributed by atoms with Crippen molar-refractivity contribution in [3.05, 3.63) is 70.7 Å². The third-order valence-electron chi connectivity index (χ3n) is 4.70. The molecule has 8 nitrogen and oxygen atoms in total. The van der Waals surface area contributed by atoms with Gasteiger partial charge < -0.3 is 10.1 Å². The number of fused-ring (bicyclic) bond motifs is 1. The highest BCUT2D eigenvalue weighted by Gasteiger charge is 2.34. The molecule has 1 N–H and O–H groups in total. The molecule has 0 radical (unpaired) electrons. The molecule has 0 spiro atoms. The molecular formula is C22H20N4O4S. The van der Waals surface area contributed by atoms with Crippen molar-refractivity contribution < 1.29 is 19.1 Å². The van der Waals surface area contributed by atoms with Gasteiger partial charge in [-0.1, -0.05) is 41.7 Å². The summed E-state index contributed by atoms with van der Waals surface area (Å²) in [5.74, 6) is -0.0709. The maximum Gasteiger partial charge on any atom is 0.261 e. The van der Waals surface area contributed by atoms with E-state index < -0.39 is 0 Å². The van der Waals surface area contributed by atoms with Crippen LogP contribution in [0.5, 0.6) is 5.75 Å². The second-order valence-electron chi connectivity index (χ2n) is 6.87. The zero-order chi connectivity index (χ0) is 21.6. The summed E-state index contributed by atoms with van der Waals surface area (Å²) < 4.78 is 5.63. The maximum absolute atomic E-state index is 12.3. The summed E-state index contributed by atoms with van der Waals surface area (Å²) in [5.41, 5.74) is 0.823. The molecule has 9 heteroatoms. The van der Waals surface area contributed by atoms with Crippen LogP contribution in [0.15, 0.2) is 54.6 Å². The molecule has 0 saturated heterocycles. The van der Waals surface area contributed by atoms with Crippen LogP contribution in [0, 0.1) is 0 Å². The summed E-state index contributed by atoms with van der Waals surface area (Å²) in [5, 5.41) is 11.9. The van der Waals surface area contributed by atoms with E-state index in [-0.39, 0.29) is 30.7 Å². The highest BCUT2D eigenvalue weighted by atomic mass is 32.1. The molecule has 0 saturated carbocycles. The van der Waals surface area contributed by atoms with Gasteiger partial charge in [-0.05, 0) is 30.7 Å². The van der Waals surface area contributed by atoms with Gasteiger partial charge in [-0.3, -0.25) is 19.3 Å². The Kier molecular flexibility index (Phi) is 6.32. The number of para-hydroxylation sites is 1. The van der Waals surface area contributed by atoms with Gasteiger partial charge in [-0.2, -0.15) is 0 Å². The molecule has 0 aliphatic carbocycles. The number of hydrogen-bond acceptors (Lipinski definition) is 7. The topological polar surface area (TPSA) is 101 Å². The lowest BCUT2D eigenvalue weighted by Gasteiger charge is -2.13. The third kappa shape index (κ3) is 4.95. The summed E-state index contributed by atoms with van der Waals surface area (Å²) >= 11 is 1.29. The minimum atomic E-state index is -0.313. The highest BCUT2D eigenvalue weighted by molar-refractivity contribution is 7.15. The summed E-state index contributed by atoms with van der Waals surface area (Å²) in [6.07, 6.45) is 1.12. The monoisotopic (exact) mass is 436 g/mol. The molecule has 1 aromatic heterocycles. The molecule has 2 aromatic carbocycles. The van der Waals surface area contributed by atoms with E-state index in [1.54, 1.807) is 24.3 Å². The van der Waals surface area contributed by atoms with Crippen molar-refractivity contribution in [1.29, 1.82) is 0 Å². The molecule has 0 unspecified atom stereocenters. The standard InChI is InChI=1S/C22H20N4O4S/c27-18(11-6-13-26-20(28)16-9-4-5-10-17(16)21(26)29)23-22-25-24-19(31-22)12-14-30-15-7-2-1-3-8-15/h1-5,7-10H,6,11-14H2,(H,23,25,27). The van der Waals surface area contributed by atoms with Crippen LogP contribution in [-0.4, -0.2) is 46.0 Å². The quantitative estimate of drug-likeness (QED) is 0.517. The summed E-state index contributed by atoms with van der Waals surface area (Å²) in [6, 6.07) is 16.2. The van der Waals surface area contributed by atoms with Gasteiger partial charge in [0.2, 0.25) is 11.0 Å². The zero-order valence-electron chi connectivity index (χ0n) is 16.6. The van der Waals surface area contributed by atoms with Crippen molar-refractivity contribution in [3.63, 3.8) is 0 Å². The van der Waals surface area contributed by atoms with E-state index in [0.29, 0.717) is 35.7 Å². The maximum atomic E-state index is 12.3. The fourth-order valence-electron chi connectivity index (χ4n) is 3.20. The van der Waals surface area contributed by atoms with E-state index in [1.165, 1.54) is 16.2 Å². The van der Waals surface area contributed by atoms with Gasteiger partial charge in [-0.25, -0.2) is 0 Å². The molecule has 0 fully saturated rings. The molecule has 1 aliphatic heterocycles. The minimum absolute atomic E-state index is 0.166. The second-order valence-corrected chi connectivity index (χ2v) is 7.93. The Bertz CT molecular complexity index is 1060. The van der Waals surface area contributed by atoms with E-state index in [2.05, 4.69) is 15.5 Å². The van der Waals surface area contributed by atoms with Gasteiger partial charge in [0.05, 0.1) is 17.7 Å². The van der Waals surface area contributed by atoms with Crippen molar-refractivity contribution in [3.8, 4) is 5.75 Å².